The van der Waals surface area contributed by atoms with Crippen LogP contribution in [0.15, 0.2) is 24.3 Å². The molecule has 110 valence electrons. The number of carbonyl (C=O) groups is 1. The van der Waals surface area contributed by atoms with Gasteiger partial charge < -0.3 is 16.4 Å². The van der Waals surface area contributed by atoms with E-state index in [4.69, 9.17) is 5.73 Å². The second kappa shape index (κ2) is 6.85. The first-order chi connectivity index (χ1) is 9.54. The molecule has 1 aromatic carbocycles. The molecule has 4 N–H and O–H groups in total. The fourth-order valence-corrected chi connectivity index (χ4v) is 3.71. The second-order valence-electron chi connectivity index (χ2n) is 5.12. The van der Waals surface area contributed by atoms with Gasteiger partial charge in [0, 0.05) is 40.1 Å². The quantitative estimate of drug-likeness (QED) is 0.791. The Morgan fingerprint density at radius 3 is 2.45 bits per heavy atom. The van der Waals surface area contributed by atoms with E-state index in [1.54, 1.807) is 0 Å². The lowest BCUT2D eigenvalue weighted by molar-refractivity contribution is 0.259. The van der Waals surface area contributed by atoms with Crippen molar-refractivity contribution < 1.29 is 9.00 Å². The molecule has 20 heavy (non-hydrogen) atoms. The lowest BCUT2D eigenvalue weighted by Crippen LogP contribution is -2.37. The van der Waals surface area contributed by atoms with Crippen molar-refractivity contribution in [2.24, 2.45) is 5.73 Å². The third kappa shape index (κ3) is 4.31. The van der Waals surface area contributed by atoms with E-state index >= 15 is 0 Å². The van der Waals surface area contributed by atoms with Crippen LogP contribution in [0.4, 0.5) is 10.5 Å². The number of benzene rings is 1. The van der Waals surface area contributed by atoms with Gasteiger partial charge in [0.15, 0.2) is 0 Å². The fourth-order valence-electron chi connectivity index (χ4n) is 2.41. The summed E-state index contributed by atoms with van der Waals surface area (Å²) in [5.74, 6) is 1.59. The Labute approximate surface area is 121 Å². The number of hydrogen-bond acceptors (Lipinski definition) is 3. The second-order valence-corrected chi connectivity index (χ2v) is 6.82. The molecule has 0 aromatic heterocycles. The topological polar surface area (TPSA) is 84.2 Å². The molecular formula is C14H21N3O2S. The monoisotopic (exact) mass is 295 g/mol. The minimum atomic E-state index is -0.621. The zero-order valence-corrected chi connectivity index (χ0v) is 12.4. The number of carbonyl (C=O) groups excluding carboxylic acids is 1. The third-order valence-electron chi connectivity index (χ3n) is 3.55. The maximum absolute atomic E-state index is 11.3. The summed E-state index contributed by atoms with van der Waals surface area (Å²) in [6, 6.07) is 7.75. The Bertz CT molecular complexity index is 480. The van der Waals surface area contributed by atoms with Crippen molar-refractivity contribution in [1.29, 1.82) is 0 Å². The van der Waals surface area contributed by atoms with Gasteiger partial charge >= 0.3 is 6.03 Å². The molecule has 1 fully saturated rings. The first-order valence-electron chi connectivity index (χ1n) is 6.82. The molecule has 6 heteroatoms. The van der Waals surface area contributed by atoms with Gasteiger partial charge in [0.1, 0.15) is 0 Å². The number of rotatable bonds is 4. The Balaban J connectivity index is 1.90. The molecule has 1 aliphatic heterocycles. The summed E-state index contributed by atoms with van der Waals surface area (Å²) in [6.07, 6.45) is 1.94. The Hall–Kier alpha value is -1.40. The average Bonchev–Trinajstić information content (AvgIpc) is 2.41. The predicted molar refractivity (Wildman–Crippen MR) is 82.1 cm³/mol. The molecule has 1 atom stereocenters. The molecule has 2 rings (SSSR count). The van der Waals surface area contributed by atoms with Crippen LogP contribution in [0.1, 0.15) is 31.4 Å². The molecule has 1 aliphatic rings. The zero-order chi connectivity index (χ0) is 14.5. The molecule has 0 spiro atoms. The van der Waals surface area contributed by atoms with Crippen LogP contribution in [0.2, 0.25) is 0 Å². The summed E-state index contributed by atoms with van der Waals surface area (Å²) in [4.78, 5) is 10.8. The maximum atomic E-state index is 11.3. The van der Waals surface area contributed by atoms with Crippen LogP contribution < -0.4 is 16.4 Å². The van der Waals surface area contributed by atoms with E-state index in [2.05, 4.69) is 17.6 Å². The number of anilines is 1. The lowest BCUT2D eigenvalue weighted by Gasteiger charge is -2.26. The molecule has 0 saturated carbocycles. The van der Waals surface area contributed by atoms with Gasteiger partial charge in [0.25, 0.3) is 0 Å². The van der Waals surface area contributed by atoms with Gasteiger partial charge in [-0.2, -0.15) is 0 Å². The van der Waals surface area contributed by atoms with Gasteiger partial charge in [-0.3, -0.25) is 4.21 Å². The zero-order valence-electron chi connectivity index (χ0n) is 11.6. The number of urea groups is 1. The van der Waals surface area contributed by atoms with Crippen molar-refractivity contribution in [3.05, 3.63) is 29.8 Å². The van der Waals surface area contributed by atoms with Crippen LogP contribution in [0.25, 0.3) is 0 Å². The molecule has 1 aromatic rings. The van der Waals surface area contributed by atoms with E-state index in [0.29, 0.717) is 11.7 Å². The SMILES string of the molecule is CC(NC1CCS(=O)CC1)c1ccc(NC(N)=O)cc1. The normalized spacial score (nSPS) is 24.1. The minimum absolute atomic E-state index is 0.231. The summed E-state index contributed by atoms with van der Waals surface area (Å²) in [5, 5.41) is 6.11. The highest BCUT2D eigenvalue weighted by molar-refractivity contribution is 7.85. The van der Waals surface area contributed by atoms with Crippen LogP contribution in [-0.2, 0) is 10.8 Å². The number of hydrogen-bond donors (Lipinski definition) is 3. The van der Waals surface area contributed by atoms with Crippen LogP contribution in [0.3, 0.4) is 0 Å². The molecule has 5 nitrogen and oxygen atoms in total. The van der Waals surface area contributed by atoms with Crippen molar-refractivity contribution in [3.63, 3.8) is 0 Å². The highest BCUT2D eigenvalue weighted by atomic mass is 32.2. The molecular weight excluding hydrogens is 274 g/mol. The molecule has 2 amide bonds. The van der Waals surface area contributed by atoms with Gasteiger partial charge in [-0.25, -0.2) is 4.79 Å². The number of nitrogens with one attached hydrogen (secondary N) is 2. The minimum Gasteiger partial charge on any atom is -0.351 e. The molecule has 0 bridgehead atoms. The number of nitrogens with two attached hydrogens (primary N) is 1. The fraction of sp³-hybridized carbons (Fsp3) is 0.500. The Kier molecular flexibility index (Phi) is 5.14. The van der Waals surface area contributed by atoms with Crippen molar-refractivity contribution in [2.75, 3.05) is 16.8 Å². The standard InChI is InChI=1S/C14H21N3O2S/c1-10(16-13-6-8-20(19)9-7-13)11-2-4-12(5-3-11)17-14(15)18/h2-5,10,13,16H,6-9H2,1H3,(H3,15,17,18). The van der Waals surface area contributed by atoms with Gasteiger partial charge in [-0.15, -0.1) is 0 Å². The van der Waals surface area contributed by atoms with Gasteiger partial charge in [0.05, 0.1) is 0 Å². The van der Waals surface area contributed by atoms with E-state index in [0.717, 1.165) is 29.9 Å². The largest absolute Gasteiger partial charge is 0.351 e. The number of amides is 2. The Morgan fingerprint density at radius 1 is 1.30 bits per heavy atom. The number of primary amides is 1. The molecule has 0 radical (unpaired) electrons. The van der Waals surface area contributed by atoms with E-state index in [9.17, 15) is 9.00 Å². The van der Waals surface area contributed by atoms with Gasteiger partial charge in [0.2, 0.25) is 0 Å². The van der Waals surface area contributed by atoms with E-state index in [-0.39, 0.29) is 6.04 Å². The lowest BCUT2D eigenvalue weighted by atomic mass is 10.0. The van der Waals surface area contributed by atoms with E-state index < -0.39 is 16.8 Å². The summed E-state index contributed by atoms with van der Waals surface area (Å²) < 4.78 is 11.3. The smallest absolute Gasteiger partial charge is 0.316 e. The first-order valence-corrected chi connectivity index (χ1v) is 8.31. The van der Waals surface area contributed by atoms with Crippen molar-refractivity contribution in [2.45, 2.75) is 31.8 Å². The Morgan fingerprint density at radius 2 is 1.90 bits per heavy atom. The first kappa shape index (κ1) is 15.0. The third-order valence-corrected chi connectivity index (χ3v) is 4.93. The predicted octanol–water partition coefficient (Wildman–Crippen LogP) is 1.74. The summed E-state index contributed by atoms with van der Waals surface area (Å²) in [7, 11) is -0.621. The van der Waals surface area contributed by atoms with Crippen molar-refractivity contribution in [3.8, 4) is 0 Å². The highest BCUT2D eigenvalue weighted by Gasteiger charge is 2.19. The maximum Gasteiger partial charge on any atom is 0.316 e. The molecule has 0 aliphatic carbocycles. The van der Waals surface area contributed by atoms with Crippen LogP contribution in [0.5, 0.6) is 0 Å². The van der Waals surface area contributed by atoms with Crippen LogP contribution in [0, 0.1) is 0 Å². The summed E-state index contributed by atoms with van der Waals surface area (Å²) in [6.45, 7) is 2.11. The van der Waals surface area contributed by atoms with Crippen LogP contribution >= 0.6 is 0 Å². The van der Waals surface area contributed by atoms with Crippen molar-refractivity contribution in [1.82, 2.24) is 5.32 Å². The van der Waals surface area contributed by atoms with E-state index in [1.165, 1.54) is 0 Å². The molecule has 1 unspecified atom stereocenters. The van der Waals surface area contributed by atoms with Crippen LogP contribution in [-0.4, -0.2) is 27.8 Å². The summed E-state index contributed by atoms with van der Waals surface area (Å²) in [5.41, 5.74) is 6.92. The average molecular weight is 295 g/mol. The van der Waals surface area contributed by atoms with E-state index in [1.807, 2.05) is 24.3 Å². The molecule has 1 saturated heterocycles. The molecule has 1 heterocycles. The van der Waals surface area contributed by atoms with Crippen molar-refractivity contribution >= 4 is 22.5 Å². The highest BCUT2D eigenvalue weighted by Crippen LogP contribution is 2.19. The van der Waals surface area contributed by atoms with Gasteiger partial charge in [-0.05, 0) is 37.5 Å². The van der Waals surface area contributed by atoms with Gasteiger partial charge in [-0.1, -0.05) is 12.1 Å². The summed E-state index contributed by atoms with van der Waals surface area (Å²) >= 11 is 0.